The van der Waals surface area contributed by atoms with Gasteiger partial charge in [0.25, 0.3) is 6.02 Å². The molecule has 1 aliphatic rings. The summed E-state index contributed by atoms with van der Waals surface area (Å²) in [6.45, 7) is 2.07. The number of aromatic nitrogens is 1. The van der Waals surface area contributed by atoms with Crippen molar-refractivity contribution in [3.8, 4) is 0 Å². The number of carbonyl (C=O) groups excluding carboxylic acids is 1. The van der Waals surface area contributed by atoms with Gasteiger partial charge in [-0.15, -0.1) is 0 Å². The van der Waals surface area contributed by atoms with Gasteiger partial charge in [-0.05, 0) is 31.2 Å². The van der Waals surface area contributed by atoms with E-state index in [2.05, 4.69) is 27.5 Å². The smallest absolute Gasteiger partial charge is 0.286 e. The summed E-state index contributed by atoms with van der Waals surface area (Å²) in [5, 5.41) is 7.14. The summed E-state index contributed by atoms with van der Waals surface area (Å²) >= 11 is 5.59. The van der Waals surface area contributed by atoms with Crippen molar-refractivity contribution in [3.63, 3.8) is 0 Å². The summed E-state index contributed by atoms with van der Waals surface area (Å²) in [6, 6.07) is 7.74. The molecule has 1 aliphatic heterocycles. The lowest BCUT2D eigenvalue weighted by molar-refractivity contribution is -0.105. The summed E-state index contributed by atoms with van der Waals surface area (Å²) < 4.78 is 4.82. The highest BCUT2D eigenvalue weighted by Crippen LogP contribution is 2.26. The summed E-state index contributed by atoms with van der Waals surface area (Å²) in [7, 11) is 1.45. The molecule has 7 nitrogen and oxygen atoms in total. The van der Waals surface area contributed by atoms with E-state index in [0.29, 0.717) is 23.8 Å². The molecule has 0 aliphatic carbocycles. The van der Waals surface area contributed by atoms with Gasteiger partial charge < -0.3 is 21.1 Å². The highest BCUT2D eigenvalue weighted by molar-refractivity contribution is 6.31. The fourth-order valence-electron chi connectivity index (χ4n) is 2.09. The quantitative estimate of drug-likeness (QED) is 0.436. The first-order valence-corrected chi connectivity index (χ1v) is 8.18. The van der Waals surface area contributed by atoms with Crippen molar-refractivity contribution in [1.29, 1.82) is 0 Å². The van der Waals surface area contributed by atoms with Gasteiger partial charge in [0, 0.05) is 17.6 Å². The average molecular weight is 374 g/mol. The lowest BCUT2D eigenvalue weighted by Crippen LogP contribution is -2.19. The number of dihydropyridines is 1. The van der Waals surface area contributed by atoms with Gasteiger partial charge in [-0.25, -0.2) is 0 Å². The molecule has 1 aromatic carbocycles. The molecule has 0 fully saturated rings. The molecule has 4 N–H and O–H groups in total. The Kier molecular flexibility index (Phi) is 6.99. The number of halogens is 1. The lowest BCUT2D eigenvalue weighted by atomic mass is 10.2. The highest BCUT2D eigenvalue weighted by Gasteiger charge is 2.03. The first kappa shape index (κ1) is 19.3. The average Bonchev–Trinajstić information content (AvgIpc) is 2.65. The molecule has 1 atom stereocenters. The summed E-state index contributed by atoms with van der Waals surface area (Å²) in [5.41, 5.74) is 7.52. The van der Waals surface area contributed by atoms with E-state index < -0.39 is 0 Å². The molecular weight excluding hydrogens is 354 g/mol. The van der Waals surface area contributed by atoms with Gasteiger partial charge in [-0.1, -0.05) is 23.7 Å². The molecule has 2 heterocycles. The number of amides is 1. The number of methoxy groups -OCH3 is 1. The number of ether oxygens (including phenoxy) is 1. The van der Waals surface area contributed by atoms with Gasteiger partial charge >= 0.3 is 0 Å². The number of amidine groups is 1. The van der Waals surface area contributed by atoms with Gasteiger partial charge in [0.1, 0.15) is 0 Å². The lowest BCUT2D eigenvalue weighted by Gasteiger charge is -2.09. The number of nitrogens with two attached hydrogens (primary N) is 1. The molecule has 1 unspecified atom stereocenters. The van der Waals surface area contributed by atoms with E-state index in [-0.39, 0.29) is 6.02 Å². The van der Waals surface area contributed by atoms with Crippen molar-refractivity contribution in [2.45, 2.75) is 13.0 Å². The second-order valence-electron chi connectivity index (χ2n) is 5.33. The predicted molar refractivity (Wildman–Crippen MR) is 105 cm³/mol. The molecule has 8 heteroatoms. The third-order valence-electron chi connectivity index (χ3n) is 3.40. The molecule has 26 heavy (non-hydrogen) atoms. The minimum atomic E-state index is 0.0660. The molecular formula is C18H20ClN5O2. The van der Waals surface area contributed by atoms with Gasteiger partial charge in [0.15, 0.2) is 0 Å². The second kappa shape index (κ2) is 9.43. The Balaban J connectivity index is 0.000000254. The maximum atomic E-state index is 10.4. The van der Waals surface area contributed by atoms with Crippen LogP contribution in [0, 0.1) is 0 Å². The number of hydrogen-bond donors (Lipinski definition) is 3. The zero-order chi connectivity index (χ0) is 18.9. The van der Waals surface area contributed by atoms with E-state index in [9.17, 15) is 4.79 Å². The van der Waals surface area contributed by atoms with Crippen LogP contribution < -0.4 is 16.4 Å². The van der Waals surface area contributed by atoms with Crippen LogP contribution in [0.4, 0.5) is 11.4 Å². The normalized spacial score (nSPS) is 16.0. The zero-order valence-corrected chi connectivity index (χ0v) is 15.2. The number of carbonyl (C=O) groups is 1. The Morgan fingerprint density at radius 2 is 2.31 bits per heavy atom. The maximum Gasteiger partial charge on any atom is 0.286 e. The Morgan fingerprint density at radius 3 is 2.92 bits per heavy atom. The van der Waals surface area contributed by atoms with Gasteiger partial charge in [-0.2, -0.15) is 4.99 Å². The number of benzene rings is 1. The van der Waals surface area contributed by atoms with Gasteiger partial charge in [-0.3, -0.25) is 9.78 Å². The first-order valence-electron chi connectivity index (χ1n) is 7.80. The van der Waals surface area contributed by atoms with Crippen molar-refractivity contribution in [3.05, 3.63) is 53.8 Å². The maximum absolute atomic E-state index is 10.4. The summed E-state index contributed by atoms with van der Waals surface area (Å²) in [4.78, 5) is 18.8. The van der Waals surface area contributed by atoms with Crippen LogP contribution in [0.15, 0.2) is 58.8 Å². The predicted octanol–water partition coefficient (Wildman–Crippen LogP) is 3.01. The van der Waals surface area contributed by atoms with Crippen LogP contribution in [-0.4, -0.2) is 30.6 Å². The van der Waals surface area contributed by atoms with Gasteiger partial charge in [0.05, 0.1) is 35.2 Å². The first-order chi connectivity index (χ1) is 12.5. The Morgan fingerprint density at radius 1 is 1.50 bits per heavy atom. The number of nitrogens with zero attached hydrogens (tertiary/aromatic N) is 2. The van der Waals surface area contributed by atoms with Crippen LogP contribution in [0.5, 0.6) is 0 Å². The van der Waals surface area contributed by atoms with E-state index in [1.807, 2.05) is 24.3 Å². The Hall–Kier alpha value is -3.06. The minimum absolute atomic E-state index is 0.0660. The molecule has 0 saturated heterocycles. The van der Waals surface area contributed by atoms with Crippen LogP contribution in [0.3, 0.4) is 0 Å². The van der Waals surface area contributed by atoms with Crippen LogP contribution in [0.1, 0.15) is 6.92 Å². The monoisotopic (exact) mass is 373 g/mol. The number of aliphatic imine (C=N–C) groups is 1. The van der Waals surface area contributed by atoms with E-state index in [1.165, 1.54) is 7.11 Å². The minimum Gasteiger partial charge on any atom is -0.469 e. The van der Waals surface area contributed by atoms with Crippen molar-refractivity contribution in [2.75, 3.05) is 12.4 Å². The Labute approximate surface area is 156 Å². The molecule has 2 aromatic rings. The van der Waals surface area contributed by atoms with Crippen LogP contribution in [0.2, 0.25) is 0 Å². The summed E-state index contributed by atoms with van der Waals surface area (Å²) in [6.07, 6.45) is 7.87. The number of fused-ring (bicyclic) bond motifs is 1. The largest absolute Gasteiger partial charge is 0.469 e. The van der Waals surface area contributed by atoms with E-state index >= 15 is 0 Å². The van der Waals surface area contributed by atoms with Crippen LogP contribution in [-0.2, 0) is 9.53 Å². The van der Waals surface area contributed by atoms with Crippen molar-refractivity contribution >= 4 is 46.3 Å². The fourth-order valence-corrected chi connectivity index (χ4v) is 2.23. The summed E-state index contributed by atoms with van der Waals surface area (Å²) in [5.74, 6) is 0. The standard InChI is InChI=1S/C12H12N4O2.C6H8ClN/c1-18-12(13)16-11-4-2-3-10-9(11)5-8(6-14-10)15-7-17;1-5-2-3-6(7)4-8-5/h2-7H,1H3,(H2,13,16)(H,15,17);2-5,8H,1H3. The number of pyridine rings is 1. The highest BCUT2D eigenvalue weighted by atomic mass is 35.5. The number of allylic oxidation sites excluding steroid dienone is 2. The Bertz CT molecular complexity index is 864. The molecule has 136 valence electrons. The van der Waals surface area contributed by atoms with E-state index in [1.54, 1.807) is 24.5 Å². The zero-order valence-electron chi connectivity index (χ0n) is 14.4. The SMILES string of the molecule is CC1C=CC(Cl)=CN1.COC(N)=Nc1cccc2ncc(NC=O)cc12. The number of hydrogen-bond acceptors (Lipinski definition) is 5. The van der Waals surface area contributed by atoms with Crippen LogP contribution >= 0.6 is 11.6 Å². The molecule has 1 amide bonds. The second-order valence-corrected chi connectivity index (χ2v) is 5.76. The molecule has 0 saturated carbocycles. The number of nitrogens with one attached hydrogen (secondary N) is 2. The van der Waals surface area contributed by atoms with Gasteiger partial charge in [0.2, 0.25) is 6.41 Å². The van der Waals surface area contributed by atoms with E-state index in [4.69, 9.17) is 22.1 Å². The van der Waals surface area contributed by atoms with Crippen molar-refractivity contribution in [2.24, 2.45) is 10.7 Å². The molecule has 0 bridgehead atoms. The van der Waals surface area contributed by atoms with Crippen molar-refractivity contribution < 1.29 is 9.53 Å². The van der Waals surface area contributed by atoms with Crippen molar-refractivity contribution in [1.82, 2.24) is 10.3 Å². The third kappa shape index (κ3) is 5.49. The molecule has 0 spiro atoms. The van der Waals surface area contributed by atoms with E-state index in [0.717, 1.165) is 15.9 Å². The number of anilines is 1. The third-order valence-corrected chi connectivity index (χ3v) is 3.63. The molecule has 3 rings (SSSR count). The van der Waals surface area contributed by atoms with Crippen LogP contribution in [0.25, 0.3) is 10.9 Å². The topological polar surface area (TPSA) is 102 Å². The molecule has 1 aromatic heterocycles. The fraction of sp³-hybridized carbons (Fsp3) is 0.167. The number of rotatable bonds is 3. The molecule has 0 radical (unpaired) electrons.